The number of nitrogens with one attached hydrogen (secondary N) is 2. The number of nitrogens with zero attached hydrogens (tertiary/aromatic N) is 4. The Morgan fingerprint density at radius 1 is 1.62 bits per heavy atom. The molecule has 0 aliphatic rings. The molecule has 10 nitrogen and oxygen atoms in total. The predicted octanol–water partition coefficient (Wildman–Crippen LogP) is 0.802. The lowest BCUT2D eigenvalue weighted by atomic mass is 10.1. The molecule has 1 rings (SSSR count). The summed E-state index contributed by atoms with van der Waals surface area (Å²) in [6.45, 7) is 0.594. The van der Waals surface area contributed by atoms with Crippen LogP contribution in [0.3, 0.4) is 0 Å². The molecule has 1 unspecified atom stereocenters. The SMILES string of the molecule is Cl.NC(CCCNCN=N[N+](=O)[O-])C(=O)Nc1nccs1. The Kier molecular flexibility index (Phi) is 10.1. The van der Waals surface area contributed by atoms with Gasteiger partial charge in [-0.2, -0.15) is 0 Å². The fourth-order valence-corrected chi connectivity index (χ4v) is 1.81. The first-order chi connectivity index (χ1) is 9.59. The number of carbonyl (C=O) groups is 1. The normalized spacial score (nSPS) is 11.9. The zero-order valence-corrected chi connectivity index (χ0v) is 12.6. The molecule has 21 heavy (non-hydrogen) atoms. The fraction of sp³-hybridized carbons (Fsp3) is 0.556. The number of nitrogens with two attached hydrogens (primary N) is 1. The summed E-state index contributed by atoms with van der Waals surface area (Å²) in [6, 6.07) is -0.624. The molecular formula is C9H16ClN7O3S. The van der Waals surface area contributed by atoms with Crippen molar-refractivity contribution in [2.24, 2.45) is 16.1 Å². The Hall–Kier alpha value is -1.69. The third-order valence-electron chi connectivity index (χ3n) is 2.19. The van der Waals surface area contributed by atoms with Crippen LogP contribution in [0.2, 0.25) is 0 Å². The van der Waals surface area contributed by atoms with E-state index in [0.717, 1.165) is 0 Å². The molecule has 1 aromatic rings. The molecule has 0 saturated carbocycles. The van der Waals surface area contributed by atoms with Crippen LogP contribution < -0.4 is 16.4 Å². The van der Waals surface area contributed by atoms with Crippen molar-refractivity contribution in [2.45, 2.75) is 18.9 Å². The molecule has 1 aromatic heterocycles. The van der Waals surface area contributed by atoms with Gasteiger partial charge in [0.25, 0.3) is 0 Å². The summed E-state index contributed by atoms with van der Waals surface area (Å²) in [6.07, 6.45) is 2.71. The molecule has 0 saturated heterocycles. The van der Waals surface area contributed by atoms with Crippen LogP contribution in [0, 0.1) is 10.1 Å². The van der Waals surface area contributed by atoms with Crippen LogP contribution in [-0.2, 0) is 4.79 Å². The zero-order chi connectivity index (χ0) is 14.8. The lowest BCUT2D eigenvalue weighted by molar-refractivity contribution is -0.494. The van der Waals surface area contributed by atoms with Crippen molar-refractivity contribution in [3.05, 3.63) is 21.7 Å². The van der Waals surface area contributed by atoms with E-state index in [1.807, 2.05) is 0 Å². The number of carbonyl (C=O) groups excluding carboxylic acids is 1. The summed E-state index contributed by atoms with van der Waals surface area (Å²) in [5, 5.41) is 22.6. The van der Waals surface area contributed by atoms with Gasteiger partial charge < -0.3 is 21.2 Å². The topological polar surface area (TPSA) is 148 Å². The third-order valence-corrected chi connectivity index (χ3v) is 2.88. The van der Waals surface area contributed by atoms with Gasteiger partial charge in [-0.05, 0) is 19.4 Å². The lowest BCUT2D eigenvalue weighted by Crippen LogP contribution is -2.36. The Labute approximate surface area is 130 Å². The van der Waals surface area contributed by atoms with Gasteiger partial charge in [0.15, 0.2) is 10.4 Å². The molecule has 0 fully saturated rings. The highest BCUT2D eigenvalue weighted by Gasteiger charge is 2.13. The van der Waals surface area contributed by atoms with Crippen molar-refractivity contribution in [1.29, 1.82) is 0 Å². The number of anilines is 1. The second-order valence-corrected chi connectivity index (χ2v) is 4.60. The van der Waals surface area contributed by atoms with E-state index in [2.05, 4.69) is 26.0 Å². The monoisotopic (exact) mass is 337 g/mol. The summed E-state index contributed by atoms with van der Waals surface area (Å²) in [7, 11) is 0. The second kappa shape index (κ2) is 11.0. The van der Waals surface area contributed by atoms with E-state index in [1.165, 1.54) is 11.3 Å². The van der Waals surface area contributed by atoms with Gasteiger partial charge in [-0.1, -0.05) is 0 Å². The minimum Gasteiger partial charge on any atom is -0.337 e. The summed E-state index contributed by atoms with van der Waals surface area (Å²) in [5.41, 5.74) is 5.72. The number of nitro groups is 1. The van der Waals surface area contributed by atoms with Crippen molar-refractivity contribution >= 4 is 34.8 Å². The fourth-order valence-electron chi connectivity index (χ4n) is 1.27. The van der Waals surface area contributed by atoms with Gasteiger partial charge >= 0.3 is 0 Å². The number of amides is 1. The molecule has 4 N–H and O–H groups in total. The number of aromatic nitrogens is 1. The molecule has 12 heteroatoms. The largest absolute Gasteiger partial charge is 0.337 e. The van der Waals surface area contributed by atoms with E-state index in [-0.39, 0.29) is 25.0 Å². The van der Waals surface area contributed by atoms with Crippen LogP contribution in [-0.4, -0.2) is 35.2 Å². The van der Waals surface area contributed by atoms with Gasteiger partial charge in [-0.3, -0.25) is 10.1 Å². The number of halogens is 1. The van der Waals surface area contributed by atoms with E-state index >= 15 is 0 Å². The van der Waals surface area contributed by atoms with Crippen molar-refractivity contribution < 1.29 is 9.83 Å². The summed E-state index contributed by atoms with van der Waals surface area (Å²) < 4.78 is 0. The van der Waals surface area contributed by atoms with Crippen molar-refractivity contribution in [1.82, 2.24) is 10.3 Å². The van der Waals surface area contributed by atoms with Crippen molar-refractivity contribution in [2.75, 3.05) is 18.5 Å². The van der Waals surface area contributed by atoms with E-state index in [4.69, 9.17) is 5.73 Å². The molecule has 0 aromatic carbocycles. The van der Waals surface area contributed by atoms with Gasteiger partial charge in [0.05, 0.1) is 16.2 Å². The predicted molar refractivity (Wildman–Crippen MR) is 79.9 cm³/mol. The van der Waals surface area contributed by atoms with Gasteiger partial charge in [0, 0.05) is 11.6 Å². The second-order valence-electron chi connectivity index (χ2n) is 3.70. The van der Waals surface area contributed by atoms with Gasteiger partial charge in [-0.15, -0.1) is 23.7 Å². The van der Waals surface area contributed by atoms with Crippen LogP contribution in [0.4, 0.5) is 5.13 Å². The molecule has 1 heterocycles. The van der Waals surface area contributed by atoms with E-state index in [0.29, 0.717) is 24.5 Å². The van der Waals surface area contributed by atoms with Gasteiger partial charge in [-0.25, -0.2) is 4.98 Å². The van der Waals surface area contributed by atoms with E-state index in [1.54, 1.807) is 11.6 Å². The Morgan fingerprint density at radius 2 is 2.38 bits per heavy atom. The van der Waals surface area contributed by atoms with Crippen LogP contribution in [0.15, 0.2) is 21.9 Å². The maximum absolute atomic E-state index is 11.7. The molecule has 0 aliphatic heterocycles. The maximum atomic E-state index is 11.7. The summed E-state index contributed by atoms with van der Waals surface area (Å²) in [5.74, 6) is -0.284. The molecule has 1 atom stereocenters. The van der Waals surface area contributed by atoms with Crippen LogP contribution >= 0.6 is 23.7 Å². The minimum absolute atomic E-state index is 0. The number of rotatable bonds is 9. The molecular weight excluding hydrogens is 322 g/mol. The zero-order valence-electron chi connectivity index (χ0n) is 11.0. The molecule has 118 valence electrons. The molecule has 0 radical (unpaired) electrons. The van der Waals surface area contributed by atoms with E-state index < -0.39 is 11.1 Å². The van der Waals surface area contributed by atoms with Crippen molar-refractivity contribution in [3.63, 3.8) is 0 Å². The minimum atomic E-state index is -0.874. The van der Waals surface area contributed by atoms with E-state index in [9.17, 15) is 14.9 Å². The number of thiazole rings is 1. The highest BCUT2D eigenvalue weighted by atomic mass is 35.5. The Morgan fingerprint density at radius 3 is 3.00 bits per heavy atom. The lowest BCUT2D eigenvalue weighted by Gasteiger charge is -2.10. The highest BCUT2D eigenvalue weighted by molar-refractivity contribution is 7.13. The van der Waals surface area contributed by atoms with Crippen LogP contribution in [0.5, 0.6) is 0 Å². The maximum Gasteiger partial charge on any atom is 0.243 e. The number of hydrogen-bond donors (Lipinski definition) is 3. The Balaban J connectivity index is 0.00000400. The van der Waals surface area contributed by atoms with Crippen LogP contribution in [0.25, 0.3) is 0 Å². The van der Waals surface area contributed by atoms with Gasteiger partial charge in [0.1, 0.15) is 0 Å². The Bertz CT molecular complexity index is 456. The molecule has 0 aliphatic carbocycles. The standard InChI is InChI=1S/C9H15N7O3S.ClH/c10-7(8(17)14-9-12-4-5-20-9)2-1-3-11-6-13-15-16(18)19;/h4-5,7,11H,1-3,6,10H2,(H,12,14,17);1H. The average molecular weight is 338 g/mol. The highest BCUT2D eigenvalue weighted by Crippen LogP contribution is 2.10. The van der Waals surface area contributed by atoms with Crippen molar-refractivity contribution in [3.8, 4) is 0 Å². The summed E-state index contributed by atoms with van der Waals surface area (Å²) in [4.78, 5) is 25.4. The first-order valence-electron chi connectivity index (χ1n) is 5.78. The first kappa shape index (κ1) is 19.3. The van der Waals surface area contributed by atoms with Gasteiger partial charge in [0.2, 0.25) is 12.6 Å². The summed E-state index contributed by atoms with van der Waals surface area (Å²) >= 11 is 1.32. The molecule has 0 spiro atoms. The average Bonchev–Trinajstić information content (AvgIpc) is 2.89. The van der Waals surface area contributed by atoms with Crippen LogP contribution in [0.1, 0.15) is 12.8 Å². The quantitative estimate of drug-likeness (QED) is 0.263. The molecule has 0 bridgehead atoms. The first-order valence-corrected chi connectivity index (χ1v) is 6.66. The number of hydrogen-bond acceptors (Lipinski definition) is 8. The molecule has 1 amide bonds. The third kappa shape index (κ3) is 8.96. The smallest absolute Gasteiger partial charge is 0.243 e.